The highest BCUT2D eigenvalue weighted by atomic mass is 35.5. The highest BCUT2D eigenvalue weighted by Crippen LogP contribution is 2.49. The summed E-state index contributed by atoms with van der Waals surface area (Å²) in [7, 11) is 0. The summed E-state index contributed by atoms with van der Waals surface area (Å²) < 4.78 is 0. The van der Waals surface area contributed by atoms with Gasteiger partial charge in [-0.3, -0.25) is 0 Å². The van der Waals surface area contributed by atoms with Gasteiger partial charge in [0.2, 0.25) is 0 Å². The summed E-state index contributed by atoms with van der Waals surface area (Å²) in [5.41, 5.74) is 0.533. The smallest absolute Gasteiger partial charge is 0.0280 e. The van der Waals surface area contributed by atoms with Gasteiger partial charge >= 0.3 is 0 Å². The van der Waals surface area contributed by atoms with Crippen LogP contribution in [0.4, 0.5) is 0 Å². The van der Waals surface area contributed by atoms with Crippen molar-refractivity contribution in [3.63, 3.8) is 0 Å². The maximum absolute atomic E-state index is 6.01. The monoisotopic (exact) mass is 188 g/mol. The molecule has 1 heteroatoms. The first-order chi connectivity index (χ1) is 5.58. The Hall–Kier alpha value is 0.290. The molecule has 1 aliphatic carbocycles. The van der Waals surface area contributed by atoms with E-state index in [9.17, 15) is 0 Å². The van der Waals surface area contributed by atoms with Crippen LogP contribution < -0.4 is 0 Å². The van der Waals surface area contributed by atoms with Gasteiger partial charge in [-0.05, 0) is 36.5 Å². The fourth-order valence-corrected chi connectivity index (χ4v) is 2.75. The molecule has 0 atom stereocenters. The Morgan fingerprint density at radius 3 is 2.33 bits per heavy atom. The van der Waals surface area contributed by atoms with Crippen LogP contribution in [0.2, 0.25) is 0 Å². The first-order valence-corrected chi connectivity index (χ1v) is 5.67. The molecule has 1 saturated carbocycles. The predicted molar refractivity (Wildman–Crippen MR) is 55.6 cm³/mol. The molecule has 12 heavy (non-hydrogen) atoms. The number of rotatable bonds is 4. The first kappa shape index (κ1) is 10.4. The first-order valence-electron chi connectivity index (χ1n) is 5.14. The molecule has 1 rings (SSSR count). The molecule has 0 aromatic carbocycles. The number of hydrogen-bond donors (Lipinski definition) is 0. The second-order valence-electron chi connectivity index (χ2n) is 5.08. The zero-order valence-electron chi connectivity index (χ0n) is 8.57. The van der Waals surface area contributed by atoms with E-state index >= 15 is 0 Å². The van der Waals surface area contributed by atoms with Gasteiger partial charge < -0.3 is 0 Å². The van der Waals surface area contributed by atoms with Crippen LogP contribution in [0.5, 0.6) is 0 Å². The Bertz CT molecular complexity index is 134. The Kier molecular flexibility index (Phi) is 3.46. The second kappa shape index (κ2) is 4.00. The topological polar surface area (TPSA) is 0 Å². The van der Waals surface area contributed by atoms with Crippen LogP contribution in [0.25, 0.3) is 0 Å². The minimum atomic E-state index is 0.533. The molecular formula is C11H21Cl. The molecule has 0 bridgehead atoms. The third kappa shape index (κ3) is 2.39. The van der Waals surface area contributed by atoms with Crippen molar-refractivity contribution < 1.29 is 0 Å². The molecule has 0 aliphatic heterocycles. The fraction of sp³-hybridized carbons (Fsp3) is 1.00. The maximum Gasteiger partial charge on any atom is 0.0280 e. The van der Waals surface area contributed by atoms with Gasteiger partial charge in [0.15, 0.2) is 0 Å². The van der Waals surface area contributed by atoms with E-state index in [2.05, 4.69) is 20.8 Å². The molecule has 0 nitrogen and oxygen atoms in total. The maximum atomic E-state index is 6.01. The summed E-state index contributed by atoms with van der Waals surface area (Å²) in [4.78, 5) is 0. The third-order valence-electron chi connectivity index (χ3n) is 3.10. The summed E-state index contributed by atoms with van der Waals surface area (Å²) >= 11 is 6.01. The van der Waals surface area contributed by atoms with Gasteiger partial charge in [0.25, 0.3) is 0 Å². The van der Waals surface area contributed by atoms with Gasteiger partial charge in [-0.25, -0.2) is 0 Å². The van der Waals surface area contributed by atoms with Crippen LogP contribution in [-0.2, 0) is 0 Å². The lowest BCUT2D eigenvalue weighted by Gasteiger charge is -2.46. The quantitative estimate of drug-likeness (QED) is 0.584. The van der Waals surface area contributed by atoms with Crippen molar-refractivity contribution in [3.05, 3.63) is 0 Å². The molecular weight excluding hydrogens is 168 g/mol. The van der Waals surface area contributed by atoms with Gasteiger partial charge in [0.1, 0.15) is 0 Å². The molecule has 0 spiro atoms. The van der Waals surface area contributed by atoms with E-state index in [1.165, 1.54) is 25.7 Å². The lowest BCUT2D eigenvalue weighted by Crippen LogP contribution is -2.37. The van der Waals surface area contributed by atoms with Gasteiger partial charge in [-0.15, -0.1) is 11.6 Å². The Morgan fingerprint density at radius 1 is 1.42 bits per heavy atom. The van der Waals surface area contributed by atoms with Crippen molar-refractivity contribution in [2.24, 2.45) is 17.3 Å². The van der Waals surface area contributed by atoms with E-state index in [1.807, 2.05) is 0 Å². The molecule has 1 fully saturated rings. The average molecular weight is 189 g/mol. The molecule has 0 heterocycles. The molecule has 0 unspecified atom stereocenters. The third-order valence-corrected chi connectivity index (χ3v) is 3.67. The molecule has 0 aromatic rings. The summed E-state index contributed by atoms with van der Waals surface area (Å²) in [6.07, 6.45) is 5.42. The summed E-state index contributed by atoms with van der Waals surface area (Å²) in [6, 6.07) is 0. The predicted octanol–water partition coefficient (Wildman–Crippen LogP) is 4.08. The van der Waals surface area contributed by atoms with Crippen molar-refractivity contribution in [2.45, 2.75) is 46.5 Å². The normalized spacial score (nSPS) is 35.2. The SMILES string of the molecule is CC(C)CCC1(CCl)CC(C)C1. The molecule has 0 amide bonds. The summed E-state index contributed by atoms with van der Waals surface area (Å²) in [6.45, 7) is 6.92. The van der Waals surface area contributed by atoms with E-state index < -0.39 is 0 Å². The largest absolute Gasteiger partial charge is 0.126 e. The molecule has 72 valence electrons. The van der Waals surface area contributed by atoms with Gasteiger partial charge in [-0.2, -0.15) is 0 Å². The minimum absolute atomic E-state index is 0.533. The number of halogens is 1. The lowest BCUT2D eigenvalue weighted by molar-refractivity contribution is 0.0748. The molecule has 0 aromatic heterocycles. The standard InChI is InChI=1S/C11H21Cl/c1-9(2)4-5-11(8-12)6-10(3)7-11/h9-10H,4-8H2,1-3H3. The van der Waals surface area contributed by atoms with Gasteiger partial charge in [0, 0.05) is 5.88 Å². The Labute approximate surface area is 81.7 Å². The Morgan fingerprint density at radius 2 is 2.00 bits per heavy atom. The second-order valence-corrected chi connectivity index (χ2v) is 5.35. The van der Waals surface area contributed by atoms with Crippen molar-refractivity contribution in [1.29, 1.82) is 0 Å². The zero-order chi connectivity index (χ0) is 9.19. The van der Waals surface area contributed by atoms with Crippen molar-refractivity contribution in [1.82, 2.24) is 0 Å². The van der Waals surface area contributed by atoms with Crippen LogP contribution >= 0.6 is 11.6 Å². The van der Waals surface area contributed by atoms with Crippen molar-refractivity contribution in [3.8, 4) is 0 Å². The number of alkyl halides is 1. The van der Waals surface area contributed by atoms with E-state index in [0.717, 1.165) is 17.7 Å². The van der Waals surface area contributed by atoms with Crippen LogP contribution in [0.1, 0.15) is 46.5 Å². The average Bonchev–Trinajstić information content (AvgIpc) is 1.95. The van der Waals surface area contributed by atoms with Crippen molar-refractivity contribution >= 4 is 11.6 Å². The molecule has 1 aliphatic rings. The minimum Gasteiger partial charge on any atom is -0.126 e. The fourth-order valence-electron chi connectivity index (χ4n) is 2.39. The van der Waals surface area contributed by atoms with Gasteiger partial charge in [-0.1, -0.05) is 27.2 Å². The summed E-state index contributed by atoms with van der Waals surface area (Å²) in [5.74, 6) is 2.64. The molecule has 0 radical (unpaired) electrons. The van der Waals surface area contributed by atoms with Crippen LogP contribution in [0.15, 0.2) is 0 Å². The van der Waals surface area contributed by atoms with E-state index in [4.69, 9.17) is 11.6 Å². The van der Waals surface area contributed by atoms with E-state index in [-0.39, 0.29) is 0 Å². The number of hydrogen-bond acceptors (Lipinski definition) is 0. The van der Waals surface area contributed by atoms with E-state index in [0.29, 0.717) is 5.41 Å². The lowest BCUT2D eigenvalue weighted by atomic mass is 9.61. The molecule has 0 N–H and O–H groups in total. The van der Waals surface area contributed by atoms with Crippen LogP contribution in [0, 0.1) is 17.3 Å². The van der Waals surface area contributed by atoms with E-state index in [1.54, 1.807) is 0 Å². The zero-order valence-corrected chi connectivity index (χ0v) is 9.32. The summed E-state index contributed by atoms with van der Waals surface area (Å²) in [5, 5.41) is 0. The highest BCUT2D eigenvalue weighted by Gasteiger charge is 2.40. The molecule has 0 saturated heterocycles. The highest BCUT2D eigenvalue weighted by molar-refractivity contribution is 6.18. The van der Waals surface area contributed by atoms with Crippen LogP contribution in [0.3, 0.4) is 0 Å². The van der Waals surface area contributed by atoms with Gasteiger partial charge in [0.05, 0.1) is 0 Å². The van der Waals surface area contributed by atoms with Crippen LogP contribution in [-0.4, -0.2) is 5.88 Å². The Balaban J connectivity index is 2.27. The van der Waals surface area contributed by atoms with Crippen molar-refractivity contribution in [2.75, 3.05) is 5.88 Å².